The van der Waals surface area contributed by atoms with Crippen LogP contribution in [0.4, 0.5) is 4.39 Å². The van der Waals surface area contributed by atoms with Crippen LogP contribution in [-0.2, 0) is 11.3 Å². The molecule has 8 nitrogen and oxygen atoms in total. The molecule has 0 spiro atoms. The highest BCUT2D eigenvalue weighted by Gasteiger charge is 2.18. The summed E-state index contributed by atoms with van der Waals surface area (Å²) in [6.07, 6.45) is 6.20. The SMILES string of the molecule is CC(C)NC(=O)Cn1c(-c2ccc(F)c(Cl)c2)nc2ncc(OCCCN3CCCCC3)cc2c1=O. The molecule has 10 heteroatoms. The Bertz CT molecular complexity index is 1290. The number of piperidine rings is 1. The van der Waals surface area contributed by atoms with Gasteiger partial charge in [-0.1, -0.05) is 18.0 Å². The number of nitrogens with zero attached hydrogens (tertiary/aromatic N) is 4. The number of carbonyl (C=O) groups excluding carboxylic acids is 1. The van der Waals surface area contributed by atoms with Gasteiger partial charge < -0.3 is 15.0 Å². The highest BCUT2D eigenvalue weighted by molar-refractivity contribution is 6.31. The Morgan fingerprint density at radius 3 is 2.72 bits per heavy atom. The zero-order valence-corrected chi connectivity index (χ0v) is 21.4. The average Bonchev–Trinajstić information content (AvgIpc) is 2.85. The molecule has 3 heterocycles. The lowest BCUT2D eigenvalue weighted by Crippen LogP contribution is -2.37. The van der Waals surface area contributed by atoms with Crippen LogP contribution in [0.25, 0.3) is 22.4 Å². The largest absolute Gasteiger partial charge is 0.492 e. The van der Waals surface area contributed by atoms with Gasteiger partial charge in [-0.2, -0.15) is 0 Å². The van der Waals surface area contributed by atoms with E-state index >= 15 is 0 Å². The first kappa shape index (κ1) is 26.0. The molecule has 1 N–H and O–H groups in total. The maximum Gasteiger partial charge on any atom is 0.263 e. The Morgan fingerprint density at radius 2 is 2.00 bits per heavy atom. The summed E-state index contributed by atoms with van der Waals surface area (Å²) in [7, 11) is 0. The molecule has 1 amide bonds. The van der Waals surface area contributed by atoms with Crippen molar-refractivity contribution in [1.82, 2.24) is 24.8 Å². The molecule has 1 aliphatic rings. The van der Waals surface area contributed by atoms with E-state index < -0.39 is 11.4 Å². The van der Waals surface area contributed by atoms with E-state index in [1.54, 1.807) is 6.07 Å². The molecule has 0 aliphatic carbocycles. The van der Waals surface area contributed by atoms with Gasteiger partial charge in [-0.15, -0.1) is 0 Å². The number of halogens is 2. The van der Waals surface area contributed by atoms with Gasteiger partial charge in [-0.25, -0.2) is 14.4 Å². The van der Waals surface area contributed by atoms with Gasteiger partial charge in [-0.3, -0.25) is 14.2 Å². The third-order valence-corrected chi connectivity index (χ3v) is 6.34. The van der Waals surface area contributed by atoms with Gasteiger partial charge in [0.1, 0.15) is 23.9 Å². The standard InChI is InChI=1S/C26H31ClFN5O3/c1-17(2)30-23(34)16-33-25(18-7-8-22(28)21(27)13-18)31-24-20(26(33)35)14-19(15-29-24)36-12-6-11-32-9-4-3-5-10-32/h7-8,13-15,17H,3-6,9-12,16H2,1-2H3,(H,30,34). The predicted molar refractivity (Wildman–Crippen MR) is 138 cm³/mol. The number of fused-ring (bicyclic) bond motifs is 1. The molecule has 1 aromatic carbocycles. The molecular weight excluding hydrogens is 485 g/mol. The number of amides is 1. The first-order valence-electron chi connectivity index (χ1n) is 12.3. The maximum absolute atomic E-state index is 13.8. The molecule has 0 unspecified atom stereocenters. The van der Waals surface area contributed by atoms with Crippen molar-refractivity contribution in [3.8, 4) is 17.1 Å². The third-order valence-electron chi connectivity index (χ3n) is 6.05. The van der Waals surface area contributed by atoms with Crippen molar-refractivity contribution >= 4 is 28.5 Å². The fraction of sp³-hybridized carbons (Fsp3) is 0.462. The number of likely N-dealkylation sites (tertiary alicyclic amines) is 1. The smallest absolute Gasteiger partial charge is 0.263 e. The minimum Gasteiger partial charge on any atom is -0.492 e. The molecular formula is C26H31ClFN5O3. The minimum absolute atomic E-state index is 0.100. The highest BCUT2D eigenvalue weighted by atomic mass is 35.5. The second-order valence-corrected chi connectivity index (χ2v) is 9.73. The van der Waals surface area contributed by atoms with Gasteiger partial charge in [0.2, 0.25) is 5.91 Å². The number of hydrogen-bond acceptors (Lipinski definition) is 6. The molecule has 36 heavy (non-hydrogen) atoms. The van der Waals surface area contributed by atoms with Gasteiger partial charge in [0.05, 0.1) is 23.2 Å². The number of pyridine rings is 1. The molecule has 0 radical (unpaired) electrons. The van der Waals surface area contributed by atoms with Crippen LogP contribution in [0.2, 0.25) is 5.02 Å². The molecule has 2 aromatic heterocycles. The number of benzene rings is 1. The number of nitrogens with one attached hydrogen (secondary N) is 1. The number of aromatic nitrogens is 3. The summed E-state index contributed by atoms with van der Waals surface area (Å²) < 4.78 is 20.9. The van der Waals surface area contributed by atoms with Crippen molar-refractivity contribution in [3.63, 3.8) is 0 Å². The normalized spacial score (nSPS) is 14.4. The summed E-state index contributed by atoms with van der Waals surface area (Å²) >= 11 is 5.97. The fourth-order valence-electron chi connectivity index (χ4n) is 4.34. The first-order chi connectivity index (χ1) is 17.3. The molecule has 0 bridgehead atoms. The topological polar surface area (TPSA) is 89.3 Å². The van der Waals surface area contributed by atoms with Gasteiger partial charge in [-0.05, 0) is 70.5 Å². The summed E-state index contributed by atoms with van der Waals surface area (Å²) in [5.74, 6) is -0.291. The van der Waals surface area contributed by atoms with Crippen LogP contribution in [0.15, 0.2) is 35.3 Å². The van der Waals surface area contributed by atoms with Crippen molar-refractivity contribution in [1.29, 1.82) is 0 Å². The van der Waals surface area contributed by atoms with E-state index in [4.69, 9.17) is 16.3 Å². The number of hydrogen-bond donors (Lipinski definition) is 1. The van der Waals surface area contributed by atoms with Crippen LogP contribution in [0.3, 0.4) is 0 Å². The van der Waals surface area contributed by atoms with Crippen LogP contribution >= 0.6 is 11.6 Å². The Morgan fingerprint density at radius 1 is 1.22 bits per heavy atom. The lowest BCUT2D eigenvalue weighted by atomic mass is 10.1. The van der Waals surface area contributed by atoms with Crippen molar-refractivity contribution in [3.05, 3.63) is 51.7 Å². The van der Waals surface area contributed by atoms with E-state index in [1.165, 1.54) is 48.2 Å². The third kappa shape index (κ3) is 6.39. The van der Waals surface area contributed by atoms with E-state index in [9.17, 15) is 14.0 Å². The summed E-state index contributed by atoms with van der Waals surface area (Å²) in [5.41, 5.74) is 0.162. The minimum atomic E-state index is -0.590. The summed E-state index contributed by atoms with van der Waals surface area (Å²) in [5, 5.41) is 2.91. The van der Waals surface area contributed by atoms with Crippen LogP contribution in [0.5, 0.6) is 5.75 Å². The molecule has 0 atom stereocenters. The zero-order chi connectivity index (χ0) is 25.7. The summed E-state index contributed by atoms with van der Waals surface area (Å²) in [6, 6.07) is 5.54. The molecule has 3 aromatic rings. The fourth-order valence-corrected chi connectivity index (χ4v) is 4.52. The average molecular weight is 516 g/mol. The predicted octanol–water partition coefficient (Wildman–Crippen LogP) is 4.03. The van der Waals surface area contributed by atoms with E-state index in [-0.39, 0.29) is 40.4 Å². The monoisotopic (exact) mass is 515 g/mol. The summed E-state index contributed by atoms with van der Waals surface area (Å²) in [4.78, 5) is 37.4. The van der Waals surface area contributed by atoms with Crippen LogP contribution in [0, 0.1) is 5.82 Å². The van der Waals surface area contributed by atoms with E-state index in [0.717, 1.165) is 26.1 Å². The van der Waals surface area contributed by atoms with Crippen LogP contribution in [-0.4, -0.2) is 57.6 Å². The Labute approximate surface area is 214 Å². The van der Waals surface area contributed by atoms with Crippen molar-refractivity contribution < 1.29 is 13.9 Å². The number of carbonyl (C=O) groups is 1. The lowest BCUT2D eigenvalue weighted by molar-refractivity contribution is -0.122. The number of rotatable bonds is 9. The Balaban J connectivity index is 1.62. The second kappa shape index (κ2) is 11.8. The van der Waals surface area contributed by atoms with Crippen molar-refractivity contribution in [2.75, 3.05) is 26.2 Å². The lowest BCUT2D eigenvalue weighted by Gasteiger charge is -2.26. The van der Waals surface area contributed by atoms with Crippen LogP contribution in [0.1, 0.15) is 39.5 Å². The van der Waals surface area contributed by atoms with E-state index in [1.807, 2.05) is 13.8 Å². The molecule has 4 rings (SSSR count). The molecule has 0 saturated carbocycles. The summed E-state index contributed by atoms with van der Waals surface area (Å²) in [6.45, 7) is 7.16. The van der Waals surface area contributed by atoms with Gasteiger partial charge in [0.25, 0.3) is 5.56 Å². The zero-order valence-electron chi connectivity index (χ0n) is 20.6. The quantitative estimate of drug-likeness (QED) is 0.433. The van der Waals surface area contributed by atoms with Gasteiger partial charge >= 0.3 is 0 Å². The Kier molecular flexibility index (Phi) is 8.53. The van der Waals surface area contributed by atoms with E-state index in [0.29, 0.717) is 17.9 Å². The molecule has 192 valence electrons. The van der Waals surface area contributed by atoms with Crippen molar-refractivity contribution in [2.45, 2.75) is 52.1 Å². The van der Waals surface area contributed by atoms with Crippen LogP contribution < -0.4 is 15.6 Å². The molecule has 1 aliphatic heterocycles. The Hall–Kier alpha value is -3.04. The van der Waals surface area contributed by atoms with E-state index in [2.05, 4.69) is 20.2 Å². The number of ether oxygens (including phenoxy) is 1. The second-order valence-electron chi connectivity index (χ2n) is 9.32. The first-order valence-corrected chi connectivity index (χ1v) is 12.7. The molecule has 1 saturated heterocycles. The van der Waals surface area contributed by atoms with Crippen molar-refractivity contribution in [2.24, 2.45) is 0 Å². The highest BCUT2D eigenvalue weighted by Crippen LogP contribution is 2.25. The van der Waals surface area contributed by atoms with Gasteiger partial charge in [0.15, 0.2) is 5.65 Å². The van der Waals surface area contributed by atoms with Gasteiger partial charge in [0, 0.05) is 18.2 Å². The maximum atomic E-state index is 13.8. The molecule has 1 fully saturated rings.